The van der Waals surface area contributed by atoms with Crippen LogP contribution in [0.15, 0.2) is 23.8 Å². The Kier molecular flexibility index (Phi) is 10.5. The first-order valence-electron chi connectivity index (χ1n) is 8.75. The van der Waals surface area contributed by atoms with Crippen molar-refractivity contribution in [1.82, 2.24) is 0 Å². The van der Waals surface area contributed by atoms with Gasteiger partial charge in [-0.2, -0.15) is 0 Å². The van der Waals surface area contributed by atoms with Crippen molar-refractivity contribution in [1.29, 1.82) is 0 Å². The summed E-state index contributed by atoms with van der Waals surface area (Å²) < 4.78 is 17.5. The average Bonchev–Trinajstić information content (AvgIpc) is 2.50. The van der Waals surface area contributed by atoms with Crippen molar-refractivity contribution in [2.24, 2.45) is 5.92 Å². The first kappa shape index (κ1) is 19.4. The summed E-state index contributed by atoms with van der Waals surface area (Å²) in [5.74, 6) is 0.299. The van der Waals surface area contributed by atoms with Crippen LogP contribution >= 0.6 is 0 Å². The molecule has 0 saturated heterocycles. The second-order valence-electron chi connectivity index (χ2n) is 6.24. The summed E-state index contributed by atoms with van der Waals surface area (Å²) in [7, 11) is 1.77. The summed E-state index contributed by atoms with van der Waals surface area (Å²) in [5.41, 5.74) is 1.27. The zero-order chi connectivity index (χ0) is 16.2. The fourth-order valence-electron chi connectivity index (χ4n) is 2.82. The SMILES string of the molecule is CCCO[C@H]1[C@H](C)/C=C(/C)COCCCCC/C=C/[C@@H]1OC. The Labute approximate surface area is 136 Å². The molecular formula is C19H34O3. The van der Waals surface area contributed by atoms with Gasteiger partial charge in [0.2, 0.25) is 0 Å². The highest BCUT2D eigenvalue weighted by molar-refractivity contribution is 5.06. The monoisotopic (exact) mass is 310 g/mol. The van der Waals surface area contributed by atoms with Gasteiger partial charge in [0.05, 0.1) is 12.7 Å². The number of rotatable bonds is 4. The third-order valence-electron chi connectivity index (χ3n) is 3.99. The van der Waals surface area contributed by atoms with Crippen LogP contribution < -0.4 is 0 Å². The molecule has 0 N–H and O–H groups in total. The topological polar surface area (TPSA) is 27.7 Å². The Morgan fingerprint density at radius 2 is 2.09 bits per heavy atom. The minimum Gasteiger partial charge on any atom is -0.377 e. The number of hydrogen-bond acceptors (Lipinski definition) is 3. The van der Waals surface area contributed by atoms with Crippen molar-refractivity contribution in [3.8, 4) is 0 Å². The number of methoxy groups -OCH3 is 1. The summed E-state index contributed by atoms with van der Waals surface area (Å²) in [6.07, 6.45) is 12.5. The highest BCUT2D eigenvalue weighted by Gasteiger charge is 2.24. The van der Waals surface area contributed by atoms with Crippen molar-refractivity contribution in [2.75, 3.05) is 26.9 Å². The second kappa shape index (κ2) is 11.9. The first-order valence-corrected chi connectivity index (χ1v) is 8.75. The number of ether oxygens (including phenoxy) is 3. The maximum absolute atomic E-state index is 6.09. The van der Waals surface area contributed by atoms with Crippen LogP contribution in [0.25, 0.3) is 0 Å². The van der Waals surface area contributed by atoms with Gasteiger partial charge in [0.15, 0.2) is 0 Å². The van der Waals surface area contributed by atoms with E-state index in [2.05, 4.69) is 39.0 Å². The fourth-order valence-corrected chi connectivity index (χ4v) is 2.82. The van der Waals surface area contributed by atoms with Gasteiger partial charge in [-0.15, -0.1) is 0 Å². The number of hydrogen-bond donors (Lipinski definition) is 0. The lowest BCUT2D eigenvalue weighted by atomic mass is 9.96. The average molecular weight is 310 g/mol. The molecule has 0 aromatic heterocycles. The largest absolute Gasteiger partial charge is 0.377 e. The van der Waals surface area contributed by atoms with Crippen LogP contribution in [0.5, 0.6) is 0 Å². The van der Waals surface area contributed by atoms with Crippen LogP contribution in [-0.4, -0.2) is 39.1 Å². The third kappa shape index (κ3) is 7.57. The van der Waals surface area contributed by atoms with Crippen molar-refractivity contribution in [3.63, 3.8) is 0 Å². The van der Waals surface area contributed by atoms with E-state index < -0.39 is 0 Å². The van der Waals surface area contributed by atoms with E-state index in [-0.39, 0.29) is 12.2 Å². The maximum Gasteiger partial charge on any atom is 0.102 e. The highest BCUT2D eigenvalue weighted by Crippen LogP contribution is 2.20. The minimum absolute atomic E-state index is 0.00876. The number of allylic oxidation sites excluding steroid dienone is 1. The molecule has 1 aliphatic rings. The summed E-state index contributed by atoms with van der Waals surface area (Å²) in [4.78, 5) is 0. The van der Waals surface area contributed by atoms with Gasteiger partial charge in [-0.25, -0.2) is 0 Å². The van der Waals surface area contributed by atoms with Crippen LogP contribution in [0.4, 0.5) is 0 Å². The molecule has 3 atom stereocenters. The van der Waals surface area contributed by atoms with Crippen LogP contribution in [0.3, 0.4) is 0 Å². The van der Waals surface area contributed by atoms with Crippen molar-refractivity contribution in [2.45, 2.75) is 65.1 Å². The predicted molar refractivity (Wildman–Crippen MR) is 92.2 cm³/mol. The lowest BCUT2D eigenvalue weighted by Crippen LogP contribution is -2.35. The van der Waals surface area contributed by atoms with E-state index in [1.165, 1.54) is 18.4 Å². The van der Waals surface area contributed by atoms with Crippen LogP contribution in [-0.2, 0) is 14.2 Å². The molecule has 3 heteroatoms. The molecule has 0 unspecified atom stereocenters. The van der Waals surface area contributed by atoms with Gasteiger partial charge in [0.1, 0.15) is 6.10 Å². The second-order valence-corrected chi connectivity index (χ2v) is 6.24. The van der Waals surface area contributed by atoms with Gasteiger partial charge in [0.25, 0.3) is 0 Å². The van der Waals surface area contributed by atoms with Crippen molar-refractivity contribution >= 4 is 0 Å². The van der Waals surface area contributed by atoms with E-state index >= 15 is 0 Å². The molecule has 0 aromatic carbocycles. The van der Waals surface area contributed by atoms with E-state index in [0.29, 0.717) is 5.92 Å². The van der Waals surface area contributed by atoms with Gasteiger partial charge in [0, 0.05) is 26.2 Å². The molecule has 0 aromatic rings. The molecule has 0 amide bonds. The van der Waals surface area contributed by atoms with Crippen LogP contribution in [0.2, 0.25) is 0 Å². The van der Waals surface area contributed by atoms with E-state index in [9.17, 15) is 0 Å². The molecule has 0 spiro atoms. The first-order chi connectivity index (χ1) is 10.7. The lowest BCUT2D eigenvalue weighted by molar-refractivity contribution is -0.0528. The van der Waals surface area contributed by atoms with E-state index in [4.69, 9.17) is 14.2 Å². The summed E-state index contributed by atoms with van der Waals surface area (Å²) in [6, 6.07) is 0. The fraction of sp³-hybridized carbons (Fsp3) is 0.789. The summed E-state index contributed by atoms with van der Waals surface area (Å²) in [6.45, 7) is 8.83. The standard InChI is InChI=1S/C19H34O3/c1-5-12-22-19-17(3)14-16(2)15-21-13-10-8-6-7-9-11-18(19)20-4/h9,11,14,17-19H,5-8,10,12-13,15H2,1-4H3/b11-9+,16-14-/t17-,18+,19+/m1/s1. The Balaban J connectivity index is 2.84. The molecule has 0 radical (unpaired) electrons. The minimum atomic E-state index is 0.00876. The molecule has 0 saturated carbocycles. The smallest absolute Gasteiger partial charge is 0.102 e. The highest BCUT2D eigenvalue weighted by atomic mass is 16.5. The molecule has 0 aliphatic carbocycles. The van der Waals surface area contributed by atoms with Crippen molar-refractivity contribution in [3.05, 3.63) is 23.8 Å². The maximum atomic E-state index is 6.09. The van der Waals surface area contributed by atoms with Crippen molar-refractivity contribution < 1.29 is 14.2 Å². The molecule has 1 rings (SSSR count). The summed E-state index contributed by atoms with van der Waals surface area (Å²) in [5, 5.41) is 0. The van der Waals surface area contributed by atoms with Gasteiger partial charge in [-0.05, 0) is 32.6 Å². The third-order valence-corrected chi connectivity index (χ3v) is 3.99. The molecule has 0 bridgehead atoms. The zero-order valence-corrected chi connectivity index (χ0v) is 14.8. The molecular weight excluding hydrogens is 276 g/mol. The summed E-state index contributed by atoms with van der Waals surface area (Å²) >= 11 is 0. The van der Waals surface area contributed by atoms with Gasteiger partial charge in [-0.3, -0.25) is 0 Å². The van der Waals surface area contributed by atoms with Gasteiger partial charge < -0.3 is 14.2 Å². The Morgan fingerprint density at radius 1 is 1.27 bits per heavy atom. The molecule has 0 fully saturated rings. The lowest BCUT2D eigenvalue weighted by Gasteiger charge is -2.28. The normalized spacial score (nSPS) is 32.7. The molecule has 3 nitrogen and oxygen atoms in total. The molecule has 1 heterocycles. The predicted octanol–water partition coefficient (Wildman–Crippen LogP) is 4.53. The molecule has 128 valence electrons. The van der Waals surface area contributed by atoms with Gasteiger partial charge >= 0.3 is 0 Å². The Morgan fingerprint density at radius 3 is 2.82 bits per heavy atom. The Hall–Kier alpha value is -0.640. The molecule has 22 heavy (non-hydrogen) atoms. The van der Waals surface area contributed by atoms with E-state index in [1.807, 2.05) is 0 Å². The molecule has 1 aliphatic heterocycles. The Bertz CT molecular complexity index is 336. The zero-order valence-electron chi connectivity index (χ0n) is 14.8. The quantitative estimate of drug-likeness (QED) is 0.714. The van der Waals surface area contributed by atoms with E-state index in [1.54, 1.807) is 7.11 Å². The van der Waals surface area contributed by atoms with E-state index in [0.717, 1.165) is 39.1 Å². The van der Waals surface area contributed by atoms with Crippen LogP contribution in [0, 0.1) is 5.92 Å². The van der Waals surface area contributed by atoms with Crippen LogP contribution in [0.1, 0.15) is 52.9 Å². The van der Waals surface area contributed by atoms with Gasteiger partial charge in [-0.1, -0.05) is 44.1 Å².